The van der Waals surface area contributed by atoms with Crippen molar-refractivity contribution in [2.75, 3.05) is 0 Å². The maximum atomic E-state index is 12.0. The Morgan fingerprint density at radius 3 is 2.94 bits per heavy atom. The fraction of sp³-hybridized carbons (Fsp3) is 0.600. The van der Waals surface area contributed by atoms with Gasteiger partial charge >= 0.3 is 0 Å². The van der Waals surface area contributed by atoms with Crippen LogP contribution in [-0.4, -0.2) is 19.4 Å². The molecule has 1 aromatic heterocycles. The molecule has 1 fully saturated rings. The quantitative estimate of drug-likeness (QED) is 0.901. The van der Waals surface area contributed by atoms with Crippen LogP contribution in [0, 0.1) is 24.2 Å². The zero-order chi connectivity index (χ0) is 12.5. The average molecular weight is 271 g/mol. The van der Waals surface area contributed by atoms with Crippen LogP contribution in [0.15, 0.2) is 10.4 Å². The molecule has 92 valence electrons. The molecule has 0 aromatic carbocycles. The van der Waals surface area contributed by atoms with Crippen molar-refractivity contribution >= 4 is 21.4 Å². The minimum atomic E-state index is -3.51. The van der Waals surface area contributed by atoms with E-state index in [1.807, 2.05) is 0 Å². The summed E-state index contributed by atoms with van der Waals surface area (Å²) in [7, 11) is -3.51. The van der Waals surface area contributed by atoms with Crippen molar-refractivity contribution in [3.63, 3.8) is 0 Å². The molecular weight excluding hydrogens is 258 g/mol. The number of hydrogen-bond donors (Lipinski definition) is 1. The summed E-state index contributed by atoms with van der Waals surface area (Å²) in [6.45, 7) is 1.76. The Hall–Kier alpha value is -0.970. The molecule has 2 unspecified atom stereocenters. The van der Waals surface area contributed by atoms with Gasteiger partial charge in [0.15, 0.2) is 4.21 Å². The van der Waals surface area contributed by atoms with E-state index in [4.69, 9.17) is 5.26 Å². The molecule has 1 aliphatic rings. The number of sulfonamides is 1. The largest absolute Gasteiger partial charge is 0.251 e. The van der Waals surface area contributed by atoms with Crippen molar-refractivity contribution in [2.24, 2.45) is 5.92 Å². The molecule has 2 rings (SSSR count). The van der Waals surface area contributed by atoms with Crippen molar-refractivity contribution in [1.29, 1.82) is 5.26 Å². The minimum absolute atomic E-state index is 0.209. The number of rotatable bonds is 3. The SMILES string of the molecule is Cc1ncc(S(=O)(=O)NC2CCCC2C#N)s1. The van der Waals surface area contributed by atoms with Crippen molar-refractivity contribution in [3.05, 3.63) is 11.2 Å². The Morgan fingerprint density at radius 1 is 1.59 bits per heavy atom. The number of nitrogens with one attached hydrogen (secondary N) is 1. The van der Waals surface area contributed by atoms with Gasteiger partial charge in [-0.25, -0.2) is 18.1 Å². The molecule has 0 bridgehead atoms. The third-order valence-corrected chi connectivity index (χ3v) is 5.72. The molecule has 7 heteroatoms. The molecule has 0 aliphatic heterocycles. The Morgan fingerprint density at radius 2 is 2.35 bits per heavy atom. The number of nitrogens with zero attached hydrogens (tertiary/aromatic N) is 2. The summed E-state index contributed by atoms with van der Waals surface area (Å²) in [6, 6.07) is 1.90. The van der Waals surface area contributed by atoms with Crippen molar-refractivity contribution in [3.8, 4) is 6.07 Å². The van der Waals surface area contributed by atoms with Crippen molar-refractivity contribution in [1.82, 2.24) is 9.71 Å². The Labute approximate surface area is 105 Å². The van der Waals surface area contributed by atoms with E-state index in [1.54, 1.807) is 6.92 Å². The third kappa shape index (κ3) is 2.65. The highest BCUT2D eigenvalue weighted by atomic mass is 32.2. The first-order chi connectivity index (χ1) is 8.03. The van der Waals surface area contributed by atoms with E-state index in [-0.39, 0.29) is 16.2 Å². The normalized spacial score (nSPS) is 24.7. The van der Waals surface area contributed by atoms with Crippen LogP contribution in [0.2, 0.25) is 0 Å². The summed E-state index contributed by atoms with van der Waals surface area (Å²) < 4.78 is 26.9. The summed E-state index contributed by atoms with van der Waals surface area (Å²) in [6.07, 6.45) is 3.76. The molecular formula is C10H13N3O2S2. The molecule has 2 atom stereocenters. The van der Waals surface area contributed by atoms with E-state index < -0.39 is 10.0 Å². The van der Waals surface area contributed by atoms with E-state index in [9.17, 15) is 8.42 Å². The molecule has 1 N–H and O–H groups in total. The predicted molar refractivity (Wildman–Crippen MR) is 63.9 cm³/mol. The minimum Gasteiger partial charge on any atom is -0.249 e. The highest BCUT2D eigenvalue weighted by Crippen LogP contribution is 2.27. The van der Waals surface area contributed by atoms with Crippen LogP contribution in [0.25, 0.3) is 0 Å². The van der Waals surface area contributed by atoms with Gasteiger partial charge in [-0.3, -0.25) is 0 Å². The molecule has 0 spiro atoms. The molecule has 5 nitrogen and oxygen atoms in total. The van der Waals surface area contributed by atoms with Gasteiger partial charge in [0, 0.05) is 6.04 Å². The van der Waals surface area contributed by atoms with Gasteiger partial charge in [-0.2, -0.15) is 5.26 Å². The van der Waals surface area contributed by atoms with Gasteiger partial charge in [-0.15, -0.1) is 11.3 Å². The smallest absolute Gasteiger partial charge is 0.249 e. The first kappa shape index (κ1) is 12.5. The van der Waals surface area contributed by atoms with E-state index in [1.165, 1.54) is 6.20 Å². The maximum Gasteiger partial charge on any atom is 0.251 e. The zero-order valence-corrected chi connectivity index (χ0v) is 11.0. The summed E-state index contributed by atoms with van der Waals surface area (Å²) in [5, 5.41) is 9.63. The lowest BCUT2D eigenvalue weighted by molar-refractivity contribution is 0.516. The standard InChI is InChI=1S/C10H13N3O2S2/c1-7-12-6-10(16-7)17(14,15)13-9-4-2-3-8(9)5-11/h6,8-9,13H,2-4H2,1H3. The average Bonchev–Trinajstić information content (AvgIpc) is 2.86. The Kier molecular flexibility index (Phi) is 3.47. The van der Waals surface area contributed by atoms with Crippen LogP contribution in [0.1, 0.15) is 24.3 Å². The molecule has 0 amide bonds. The number of nitriles is 1. The third-order valence-electron chi connectivity index (χ3n) is 2.85. The predicted octanol–water partition coefficient (Wildman–Crippen LogP) is 1.42. The van der Waals surface area contributed by atoms with Crippen LogP contribution in [0.3, 0.4) is 0 Å². The fourth-order valence-electron chi connectivity index (χ4n) is 1.98. The molecule has 0 saturated heterocycles. The molecule has 1 saturated carbocycles. The lowest BCUT2D eigenvalue weighted by atomic mass is 10.1. The Bertz CT molecular complexity index is 544. The highest BCUT2D eigenvalue weighted by Gasteiger charge is 2.31. The van der Waals surface area contributed by atoms with Crippen LogP contribution >= 0.6 is 11.3 Å². The molecule has 1 aliphatic carbocycles. The monoisotopic (exact) mass is 271 g/mol. The second kappa shape index (κ2) is 4.72. The maximum absolute atomic E-state index is 12.0. The van der Waals surface area contributed by atoms with Crippen LogP contribution in [0.5, 0.6) is 0 Å². The lowest BCUT2D eigenvalue weighted by Crippen LogP contribution is -2.36. The summed E-state index contributed by atoms with van der Waals surface area (Å²) >= 11 is 1.14. The van der Waals surface area contributed by atoms with Gasteiger partial charge in [0.2, 0.25) is 0 Å². The van der Waals surface area contributed by atoms with Crippen molar-refractivity contribution < 1.29 is 8.42 Å². The van der Waals surface area contributed by atoms with Crippen LogP contribution < -0.4 is 4.72 Å². The molecule has 1 aromatic rings. The number of aryl methyl sites for hydroxylation is 1. The van der Waals surface area contributed by atoms with Crippen LogP contribution in [-0.2, 0) is 10.0 Å². The van der Waals surface area contributed by atoms with E-state index in [2.05, 4.69) is 15.8 Å². The summed E-state index contributed by atoms with van der Waals surface area (Å²) in [4.78, 5) is 3.93. The van der Waals surface area contributed by atoms with E-state index >= 15 is 0 Å². The summed E-state index contributed by atoms with van der Waals surface area (Å²) in [5.74, 6) is -0.209. The molecule has 1 heterocycles. The fourth-order valence-corrected chi connectivity index (χ4v) is 4.41. The number of aromatic nitrogens is 1. The van der Waals surface area contributed by atoms with Crippen molar-refractivity contribution in [2.45, 2.75) is 36.4 Å². The van der Waals surface area contributed by atoms with E-state index in [0.717, 1.165) is 30.6 Å². The second-order valence-electron chi connectivity index (χ2n) is 4.09. The first-order valence-electron chi connectivity index (χ1n) is 5.37. The second-order valence-corrected chi connectivity index (χ2v) is 7.27. The summed E-state index contributed by atoms with van der Waals surface area (Å²) in [5.41, 5.74) is 0. The highest BCUT2D eigenvalue weighted by molar-refractivity contribution is 7.91. The first-order valence-corrected chi connectivity index (χ1v) is 7.67. The van der Waals surface area contributed by atoms with Gasteiger partial charge in [-0.1, -0.05) is 6.42 Å². The Balaban J connectivity index is 2.16. The van der Waals surface area contributed by atoms with E-state index in [0.29, 0.717) is 5.01 Å². The van der Waals surface area contributed by atoms with Gasteiger partial charge < -0.3 is 0 Å². The van der Waals surface area contributed by atoms with Crippen LogP contribution in [0.4, 0.5) is 0 Å². The van der Waals surface area contributed by atoms with Gasteiger partial charge in [0.05, 0.1) is 23.2 Å². The zero-order valence-electron chi connectivity index (χ0n) is 9.38. The lowest BCUT2D eigenvalue weighted by Gasteiger charge is -2.14. The molecule has 0 radical (unpaired) electrons. The topological polar surface area (TPSA) is 82.8 Å². The molecule has 17 heavy (non-hydrogen) atoms. The number of thiazole rings is 1. The van der Waals surface area contributed by atoms with Gasteiger partial charge in [-0.05, 0) is 19.8 Å². The van der Waals surface area contributed by atoms with Gasteiger partial charge in [0.25, 0.3) is 10.0 Å². The number of hydrogen-bond acceptors (Lipinski definition) is 5. The van der Waals surface area contributed by atoms with Gasteiger partial charge in [0.1, 0.15) is 0 Å².